The summed E-state index contributed by atoms with van der Waals surface area (Å²) in [5.74, 6) is 2.08. The number of nitrogens with zero attached hydrogens (tertiary/aromatic N) is 5. The molecule has 3 rings (SSSR count). The molecule has 0 N–H and O–H groups in total. The predicted molar refractivity (Wildman–Crippen MR) is 79.7 cm³/mol. The number of aromatic nitrogens is 5. The number of thioether (sulfide) groups is 1. The molecule has 108 valence electrons. The van der Waals surface area contributed by atoms with Gasteiger partial charge in [0.15, 0.2) is 16.8 Å². The fraction of sp³-hybridized carbons (Fsp3) is 0.286. The molecule has 2 heterocycles. The zero-order valence-corrected chi connectivity index (χ0v) is 12.8. The minimum atomic E-state index is 0.0257. The number of hydrogen-bond donors (Lipinski definition) is 0. The molecular formula is C14H15N5OS. The second-order valence-electron chi connectivity index (χ2n) is 4.67. The van der Waals surface area contributed by atoms with Crippen LogP contribution in [0.3, 0.4) is 0 Å². The lowest BCUT2D eigenvalue weighted by Gasteiger charge is -2.06. The molecular weight excluding hydrogens is 286 g/mol. The van der Waals surface area contributed by atoms with Gasteiger partial charge in [0.1, 0.15) is 0 Å². The molecule has 21 heavy (non-hydrogen) atoms. The van der Waals surface area contributed by atoms with Crippen LogP contribution in [-0.2, 0) is 7.05 Å². The average molecular weight is 301 g/mol. The van der Waals surface area contributed by atoms with E-state index < -0.39 is 0 Å². The average Bonchev–Trinajstić information content (AvgIpc) is 3.07. The minimum Gasteiger partial charge on any atom is -0.338 e. The van der Waals surface area contributed by atoms with Crippen LogP contribution in [0.1, 0.15) is 23.9 Å². The van der Waals surface area contributed by atoms with Crippen LogP contribution >= 0.6 is 11.8 Å². The number of hydrogen-bond acceptors (Lipinski definition) is 6. The molecule has 1 atom stereocenters. The molecule has 0 aliphatic rings. The Labute approximate surface area is 126 Å². The molecule has 0 aliphatic heterocycles. The summed E-state index contributed by atoms with van der Waals surface area (Å²) in [6.45, 7) is 3.81. The van der Waals surface area contributed by atoms with Crippen molar-refractivity contribution in [1.82, 2.24) is 24.9 Å². The van der Waals surface area contributed by atoms with E-state index >= 15 is 0 Å². The van der Waals surface area contributed by atoms with Gasteiger partial charge in [-0.25, -0.2) is 0 Å². The van der Waals surface area contributed by atoms with Crippen LogP contribution in [0.15, 0.2) is 40.0 Å². The topological polar surface area (TPSA) is 69.6 Å². The summed E-state index contributed by atoms with van der Waals surface area (Å²) in [7, 11) is 1.95. The zero-order chi connectivity index (χ0) is 14.8. The van der Waals surface area contributed by atoms with Gasteiger partial charge in [-0.3, -0.25) is 0 Å². The van der Waals surface area contributed by atoms with Crippen LogP contribution in [-0.4, -0.2) is 24.9 Å². The van der Waals surface area contributed by atoms with Crippen LogP contribution in [0, 0.1) is 6.92 Å². The van der Waals surface area contributed by atoms with E-state index in [9.17, 15) is 0 Å². The molecule has 0 saturated carbocycles. The minimum absolute atomic E-state index is 0.0257. The molecule has 1 aromatic carbocycles. The maximum atomic E-state index is 5.19. The highest BCUT2D eigenvalue weighted by atomic mass is 32.2. The molecule has 3 aromatic rings. The van der Waals surface area contributed by atoms with Crippen molar-refractivity contribution in [3.05, 3.63) is 42.0 Å². The fourth-order valence-corrected chi connectivity index (χ4v) is 2.79. The smallest absolute Gasteiger partial charge is 0.239 e. The Morgan fingerprint density at radius 1 is 1.19 bits per heavy atom. The molecule has 0 radical (unpaired) electrons. The van der Waals surface area contributed by atoms with Gasteiger partial charge in [0.2, 0.25) is 5.89 Å². The molecule has 0 unspecified atom stereocenters. The van der Waals surface area contributed by atoms with Gasteiger partial charge in [-0.15, -0.1) is 10.2 Å². The maximum absolute atomic E-state index is 5.19. The van der Waals surface area contributed by atoms with Crippen LogP contribution in [0.25, 0.3) is 11.4 Å². The van der Waals surface area contributed by atoms with E-state index in [4.69, 9.17) is 4.52 Å². The lowest BCUT2D eigenvalue weighted by molar-refractivity contribution is 0.376. The summed E-state index contributed by atoms with van der Waals surface area (Å²) < 4.78 is 7.16. The van der Waals surface area contributed by atoms with E-state index in [1.807, 2.05) is 48.9 Å². The Balaban J connectivity index is 1.83. The summed E-state index contributed by atoms with van der Waals surface area (Å²) >= 11 is 1.55. The summed E-state index contributed by atoms with van der Waals surface area (Å²) in [5, 5.41) is 13.2. The largest absolute Gasteiger partial charge is 0.338 e. The van der Waals surface area contributed by atoms with Crippen molar-refractivity contribution in [1.29, 1.82) is 0 Å². The fourth-order valence-electron chi connectivity index (χ4n) is 1.94. The molecule has 6 nitrogen and oxygen atoms in total. The number of benzene rings is 1. The van der Waals surface area contributed by atoms with E-state index in [0.29, 0.717) is 11.7 Å². The van der Waals surface area contributed by atoms with Gasteiger partial charge < -0.3 is 9.09 Å². The Hall–Kier alpha value is -2.15. The van der Waals surface area contributed by atoms with E-state index in [0.717, 1.165) is 16.5 Å². The van der Waals surface area contributed by atoms with Crippen molar-refractivity contribution in [2.24, 2.45) is 7.05 Å². The Bertz CT molecular complexity index is 737. The van der Waals surface area contributed by atoms with Crippen LogP contribution in [0.4, 0.5) is 0 Å². The first-order valence-corrected chi connectivity index (χ1v) is 7.45. The van der Waals surface area contributed by atoms with Crippen molar-refractivity contribution in [3.63, 3.8) is 0 Å². The molecule has 0 bridgehead atoms. The van der Waals surface area contributed by atoms with Gasteiger partial charge in [-0.2, -0.15) is 4.98 Å². The Kier molecular flexibility index (Phi) is 3.74. The van der Waals surface area contributed by atoms with Crippen molar-refractivity contribution in [3.8, 4) is 11.4 Å². The zero-order valence-electron chi connectivity index (χ0n) is 12.0. The third-order valence-electron chi connectivity index (χ3n) is 3.04. The van der Waals surface area contributed by atoms with Crippen LogP contribution < -0.4 is 0 Å². The first kappa shape index (κ1) is 13.8. The molecule has 7 heteroatoms. The summed E-state index contributed by atoms with van der Waals surface area (Å²) in [6.07, 6.45) is 0. The van der Waals surface area contributed by atoms with Crippen molar-refractivity contribution in [2.45, 2.75) is 24.3 Å². The number of aryl methyl sites for hydroxylation is 1. The second kappa shape index (κ2) is 5.69. The monoisotopic (exact) mass is 301 g/mol. The summed E-state index contributed by atoms with van der Waals surface area (Å²) in [4.78, 5) is 4.25. The first-order valence-electron chi connectivity index (χ1n) is 6.57. The lowest BCUT2D eigenvalue weighted by Crippen LogP contribution is -1.97. The summed E-state index contributed by atoms with van der Waals surface area (Å²) in [6, 6.07) is 9.99. The highest BCUT2D eigenvalue weighted by molar-refractivity contribution is 7.99. The highest BCUT2D eigenvalue weighted by Gasteiger charge is 2.19. The van der Waals surface area contributed by atoms with Gasteiger partial charge >= 0.3 is 0 Å². The van der Waals surface area contributed by atoms with Crippen molar-refractivity contribution >= 4 is 11.8 Å². The lowest BCUT2D eigenvalue weighted by atomic mass is 10.2. The van der Waals surface area contributed by atoms with Crippen LogP contribution in [0.2, 0.25) is 0 Å². The van der Waals surface area contributed by atoms with E-state index in [-0.39, 0.29) is 5.25 Å². The van der Waals surface area contributed by atoms with Gasteiger partial charge in [-0.05, 0) is 13.8 Å². The molecule has 2 aromatic heterocycles. The van der Waals surface area contributed by atoms with Gasteiger partial charge in [0, 0.05) is 12.6 Å². The molecule has 0 fully saturated rings. The van der Waals surface area contributed by atoms with Gasteiger partial charge in [0.05, 0.1) is 5.25 Å². The van der Waals surface area contributed by atoms with Gasteiger partial charge in [0.25, 0.3) is 0 Å². The predicted octanol–water partition coefficient (Wildman–Crippen LogP) is 3.03. The normalized spacial score (nSPS) is 12.5. The van der Waals surface area contributed by atoms with Crippen LogP contribution in [0.5, 0.6) is 0 Å². The standard InChI is InChI=1S/C14H15N5OS/c1-9(13-15-10(2)18-20-13)21-14-17-16-12(19(14)3)11-7-5-4-6-8-11/h4-9H,1-3H3/t9-/m1/s1. The van der Waals surface area contributed by atoms with E-state index in [1.54, 1.807) is 18.7 Å². The van der Waals surface area contributed by atoms with Crippen molar-refractivity contribution < 1.29 is 4.52 Å². The van der Waals surface area contributed by atoms with Crippen molar-refractivity contribution in [2.75, 3.05) is 0 Å². The SMILES string of the molecule is Cc1noc([C@@H](C)Sc2nnc(-c3ccccc3)n2C)n1. The Morgan fingerprint density at radius 3 is 2.62 bits per heavy atom. The maximum Gasteiger partial charge on any atom is 0.239 e. The quantitative estimate of drug-likeness (QED) is 0.690. The molecule has 0 spiro atoms. The van der Waals surface area contributed by atoms with E-state index in [2.05, 4.69) is 20.3 Å². The van der Waals surface area contributed by atoms with E-state index in [1.165, 1.54) is 0 Å². The third-order valence-corrected chi connectivity index (χ3v) is 4.16. The third kappa shape index (κ3) is 2.82. The summed E-state index contributed by atoms with van der Waals surface area (Å²) in [5.41, 5.74) is 1.04. The number of rotatable bonds is 4. The van der Waals surface area contributed by atoms with Gasteiger partial charge in [-0.1, -0.05) is 47.3 Å². The molecule has 0 aliphatic carbocycles. The molecule has 0 saturated heterocycles. The Morgan fingerprint density at radius 2 is 1.95 bits per heavy atom. The highest BCUT2D eigenvalue weighted by Crippen LogP contribution is 2.33. The first-order chi connectivity index (χ1) is 10.1. The second-order valence-corrected chi connectivity index (χ2v) is 5.98. The molecule has 0 amide bonds.